The van der Waals surface area contributed by atoms with Crippen LogP contribution >= 0.6 is 0 Å². The van der Waals surface area contributed by atoms with Crippen molar-refractivity contribution in [3.05, 3.63) is 201 Å². The monoisotopic (exact) mass is 1630 g/mol. The Hall–Kier alpha value is -4.23. The molecule has 6 heteroatoms. The quantitative estimate of drug-likeness (QED) is 0.0183. The summed E-state index contributed by atoms with van der Waals surface area (Å²) < 4.78 is 2.94. The van der Waals surface area contributed by atoms with Crippen molar-refractivity contribution in [2.45, 2.75) is 460 Å². The molecular formula is C107H174N4Ni2. The van der Waals surface area contributed by atoms with E-state index in [4.69, 9.17) is 0 Å². The van der Waals surface area contributed by atoms with Crippen molar-refractivity contribution in [1.29, 1.82) is 0 Å². The predicted octanol–water partition coefficient (Wildman–Crippen LogP) is 36.5. The molecule has 0 saturated carbocycles. The van der Waals surface area contributed by atoms with Crippen molar-refractivity contribution in [1.82, 2.24) is 0 Å². The van der Waals surface area contributed by atoms with Crippen LogP contribution in [-0.2, 0) is 58.7 Å². The molecule has 0 fully saturated rings. The van der Waals surface area contributed by atoms with Gasteiger partial charge in [0.05, 0.1) is 5.57 Å². The predicted molar refractivity (Wildman–Crippen MR) is 495 cm³/mol. The number of benzene rings is 4. The van der Waals surface area contributed by atoms with E-state index >= 15 is 0 Å². The molecule has 4 nitrogen and oxygen atoms in total. The van der Waals surface area contributed by atoms with Crippen molar-refractivity contribution >= 4 is 22.8 Å². The standard InChI is InChI=1S/C38H56N2.C35H48N2.2C17H35.2Ni/c1-4-7-10-13-15-17-20-32-23-27-34(28-24-32)37-31-36(22-19-12-9-6-3)38(40(37)39)35-29-25-33(26-30-35)21-18-16-14-11-8-5-2;1-5-9-13-14-15-19-33-32(18-12-8-4)34(30-24-20-28(21-25-30)16-10-6-2)37(36)35(33)31-26-22-29(23-27-31)17-11-7-3;2*1-3-5-7-9-11-13-15-17-16-14-12-10-8-6-4-2;;/h23-31H,4-22H2,1-3H3;15,19-27H,5-14,16-18H2,1-4H3;2*1,3-17H2,2H3;;/q;;2*-1;;+2. The topological polar surface area (TPSA) is 50.6 Å². The van der Waals surface area contributed by atoms with Gasteiger partial charge in [-0.3, -0.25) is 0 Å². The third-order valence-corrected chi connectivity index (χ3v) is 23.1. The van der Waals surface area contributed by atoms with Crippen LogP contribution in [0.3, 0.4) is 0 Å². The fourth-order valence-electron chi connectivity index (χ4n) is 15.7. The summed E-state index contributed by atoms with van der Waals surface area (Å²) in [4.78, 5) is 0. The van der Waals surface area contributed by atoms with Gasteiger partial charge in [-0.05, 0) is 161 Å². The van der Waals surface area contributed by atoms with Crippen molar-refractivity contribution in [2.75, 3.05) is 0 Å². The summed E-state index contributed by atoms with van der Waals surface area (Å²) in [6.45, 7) is 28.1. The first-order valence-electron chi connectivity index (χ1n) is 48.2. The minimum absolute atomic E-state index is 0. The SMILES string of the molecule is CCCCCC=CC1=C(c2ccc(CCCC)cc2)[N+](=[N-])C(c2ccc(CCCC)cc2)=C1CCCC.CCCCCCCCc1ccc(C2=CC(CCCCCC)=C(c3ccc(CCCCCCCC)cc3)[N+]2=[N-])cc1.[CH2-]CCCCCCCCCCCCCCCC.[CH2-]CCCCCCCCCCCCCCCC.[Ni+2].[Ni]. The summed E-state index contributed by atoms with van der Waals surface area (Å²) in [5.41, 5.74) is 40.6. The molecule has 0 aliphatic carbocycles. The first kappa shape index (κ1) is 107. The summed E-state index contributed by atoms with van der Waals surface area (Å²) in [7, 11) is 0. The molecule has 0 radical (unpaired) electrons. The Morgan fingerprint density at radius 1 is 0.265 bits per heavy atom. The zero-order valence-corrected chi connectivity index (χ0v) is 77.1. The fourth-order valence-corrected chi connectivity index (χ4v) is 15.7. The second-order valence-corrected chi connectivity index (χ2v) is 33.4. The molecule has 0 amide bonds. The van der Waals surface area contributed by atoms with E-state index in [1.54, 1.807) is 0 Å². The van der Waals surface area contributed by atoms with Gasteiger partial charge in [0.1, 0.15) is 0 Å². The second-order valence-electron chi connectivity index (χ2n) is 33.4. The second kappa shape index (κ2) is 75.3. The number of allylic oxidation sites excluding steroid dienone is 6. The molecule has 0 bridgehead atoms. The molecule has 6 rings (SSSR count). The van der Waals surface area contributed by atoms with Crippen LogP contribution in [0.4, 0.5) is 0 Å². The molecule has 2 heterocycles. The largest absolute Gasteiger partial charge is 2.00 e. The van der Waals surface area contributed by atoms with Crippen molar-refractivity contribution in [3.63, 3.8) is 0 Å². The Bertz CT molecular complexity index is 2990. The average Bonchev–Trinajstić information content (AvgIpc) is 1.63. The molecule has 0 N–H and O–H groups in total. The van der Waals surface area contributed by atoms with Crippen LogP contribution in [0.15, 0.2) is 132 Å². The van der Waals surface area contributed by atoms with Gasteiger partial charge in [-0.1, -0.05) is 418 Å². The van der Waals surface area contributed by atoms with Crippen LogP contribution in [0.25, 0.3) is 33.9 Å². The average molecular weight is 1630 g/mol. The van der Waals surface area contributed by atoms with E-state index in [-0.39, 0.29) is 33.0 Å². The summed E-state index contributed by atoms with van der Waals surface area (Å²) >= 11 is 0. The Morgan fingerprint density at radius 3 is 0.858 bits per heavy atom. The maximum atomic E-state index is 11.7. The van der Waals surface area contributed by atoms with Crippen LogP contribution < -0.4 is 0 Å². The first-order chi connectivity index (χ1) is 54.6. The molecule has 642 valence electrons. The summed E-state index contributed by atoms with van der Waals surface area (Å²) in [5.74, 6) is 0. The maximum Gasteiger partial charge on any atom is 2.00 e. The fraction of sp³-hybridized carbons (Fsp3) is 0.664. The Labute approximate surface area is 721 Å². The first-order valence-corrected chi connectivity index (χ1v) is 48.2. The molecule has 0 aromatic heterocycles. The van der Waals surface area contributed by atoms with Crippen molar-refractivity contribution < 1.29 is 42.4 Å². The number of hydrogen-bond donors (Lipinski definition) is 0. The Kier molecular flexibility index (Phi) is 71.1. The van der Waals surface area contributed by atoms with E-state index in [0.717, 1.165) is 122 Å². The third kappa shape index (κ3) is 49.1. The summed E-state index contributed by atoms with van der Waals surface area (Å²) in [6.07, 6.45) is 88.7. The van der Waals surface area contributed by atoms with E-state index in [0.29, 0.717) is 0 Å². The van der Waals surface area contributed by atoms with E-state index in [9.17, 15) is 11.1 Å². The van der Waals surface area contributed by atoms with Crippen LogP contribution in [0.5, 0.6) is 0 Å². The van der Waals surface area contributed by atoms with Gasteiger partial charge in [0.25, 0.3) is 0 Å². The van der Waals surface area contributed by atoms with Crippen LogP contribution in [0.1, 0.15) is 479 Å². The Morgan fingerprint density at radius 2 is 0.522 bits per heavy atom. The zero-order valence-electron chi connectivity index (χ0n) is 75.1. The van der Waals surface area contributed by atoms with E-state index < -0.39 is 0 Å². The molecule has 4 aromatic carbocycles. The Balaban J connectivity index is 0.000000803. The smallest absolute Gasteiger partial charge is 0.493 e. The molecule has 0 spiro atoms. The number of hydrogen-bond acceptors (Lipinski definition) is 0. The number of rotatable bonds is 65. The van der Waals surface area contributed by atoms with Crippen LogP contribution in [0.2, 0.25) is 0 Å². The van der Waals surface area contributed by atoms with Crippen molar-refractivity contribution in [2.24, 2.45) is 0 Å². The minimum Gasteiger partial charge on any atom is -0.493 e. The third-order valence-electron chi connectivity index (χ3n) is 23.1. The molecule has 2 aliphatic heterocycles. The molecule has 0 unspecified atom stereocenters. The summed E-state index contributed by atoms with van der Waals surface area (Å²) in [5, 5.41) is 0. The molecular weight excluding hydrogens is 1460 g/mol. The number of aryl methyl sites for hydroxylation is 4. The van der Waals surface area contributed by atoms with Gasteiger partial charge >= 0.3 is 16.5 Å². The van der Waals surface area contributed by atoms with Gasteiger partial charge in [0, 0.05) is 56.0 Å². The minimum atomic E-state index is 0. The molecule has 113 heavy (non-hydrogen) atoms. The van der Waals surface area contributed by atoms with Gasteiger partial charge in [-0.15, -0.1) is 0 Å². The number of unbranched alkanes of at least 4 members (excludes halogenated alkanes) is 47. The van der Waals surface area contributed by atoms with Gasteiger partial charge in [-0.25, -0.2) is 9.39 Å². The molecule has 2 aliphatic rings. The van der Waals surface area contributed by atoms with Gasteiger partial charge in [0.2, 0.25) is 22.8 Å². The molecule has 0 atom stereocenters. The van der Waals surface area contributed by atoms with E-state index in [1.807, 2.05) is 0 Å². The number of nitrogens with zero attached hydrogens (tertiary/aromatic N) is 4. The normalized spacial score (nSPS) is 12.6. The van der Waals surface area contributed by atoms with Crippen molar-refractivity contribution in [3.8, 4) is 0 Å². The van der Waals surface area contributed by atoms with Gasteiger partial charge in [0.15, 0.2) is 0 Å². The van der Waals surface area contributed by atoms with Gasteiger partial charge < -0.3 is 24.9 Å². The maximum absolute atomic E-state index is 11.7. The van der Waals surface area contributed by atoms with E-state index in [2.05, 4.69) is 191 Å². The van der Waals surface area contributed by atoms with Crippen LogP contribution in [0, 0.1) is 13.8 Å². The zero-order chi connectivity index (χ0) is 80.1. The molecule has 0 saturated heterocycles. The van der Waals surface area contributed by atoms with Gasteiger partial charge in [-0.2, -0.15) is 12.8 Å². The van der Waals surface area contributed by atoms with E-state index in [1.165, 1.54) is 369 Å². The molecule has 4 aromatic rings. The van der Waals surface area contributed by atoms with Crippen LogP contribution in [-0.4, -0.2) is 9.39 Å². The summed E-state index contributed by atoms with van der Waals surface area (Å²) in [6, 6.07) is 35.6.